The van der Waals surface area contributed by atoms with Gasteiger partial charge in [0.1, 0.15) is 5.82 Å². The quantitative estimate of drug-likeness (QED) is 0.581. The lowest BCUT2D eigenvalue weighted by atomic mass is 10.1. The van der Waals surface area contributed by atoms with E-state index in [1.807, 2.05) is 61.5 Å². The normalized spacial score (nSPS) is 12.0. The van der Waals surface area contributed by atoms with E-state index in [0.29, 0.717) is 11.3 Å². The number of nitrogens with zero attached hydrogens (tertiary/aromatic N) is 2. The van der Waals surface area contributed by atoms with Crippen LogP contribution in [-0.2, 0) is 9.59 Å². The summed E-state index contributed by atoms with van der Waals surface area (Å²) in [6.45, 7) is 2.01. The number of aliphatic carboxylic acids is 1. The van der Waals surface area contributed by atoms with Crippen molar-refractivity contribution in [3.63, 3.8) is 0 Å². The van der Waals surface area contributed by atoms with Crippen molar-refractivity contribution in [2.45, 2.75) is 13.0 Å². The summed E-state index contributed by atoms with van der Waals surface area (Å²) in [7, 11) is 0. The second kappa shape index (κ2) is 8.09. The van der Waals surface area contributed by atoms with Gasteiger partial charge in [0.2, 0.25) is 5.95 Å². The molecule has 27 heavy (non-hydrogen) atoms. The molecule has 0 aliphatic heterocycles. The lowest BCUT2D eigenvalue weighted by Gasteiger charge is -2.17. The van der Waals surface area contributed by atoms with Crippen LogP contribution < -0.4 is 10.6 Å². The average Bonchev–Trinajstić information content (AvgIpc) is 2.67. The molecule has 1 amide bonds. The maximum Gasteiger partial charge on any atom is 0.328 e. The van der Waals surface area contributed by atoms with E-state index in [1.165, 1.54) is 0 Å². The Morgan fingerprint density at radius 2 is 1.70 bits per heavy atom. The minimum atomic E-state index is -1.20. The number of carbonyl (C=O) groups excluding carboxylic acids is 1. The highest BCUT2D eigenvalue weighted by atomic mass is 16.4. The smallest absolute Gasteiger partial charge is 0.328 e. The lowest BCUT2D eigenvalue weighted by Crippen LogP contribution is -2.14. The molecular formula is C20H18N4O3. The van der Waals surface area contributed by atoms with E-state index in [0.717, 1.165) is 23.1 Å². The second-order valence-electron chi connectivity index (χ2n) is 5.85. The molecule has 3 rings (SSSR count). The number of hydrogen-bond donors (Lipinski definition) is 3. The Bertz CT molecular complexity index is 1000. The van der Waals surface area contributed by atoms with Gasteiger partial charge in [-0.25, -0.2) is 9.78 Å². The van der Waals surface area contributed by atoms with Gasteiger partial charge < -0.3 is 10.4 Å². The minimum Gasteiger partial charge on any atom is -0.478 e. The highest BCUT2D eigenvalue weighted by molar-refractivity contribution is 6.02. The molecule has 3 N–H and O–H groups in total. The molecule has 1 unspecified atom stereocenters. The molecular weight excluding hydrogens is 344 g/mol. The zero-order valence-corrected chi connectivity index (χ0v) is 14.6. The third-order valence-corrected chi connectivity index (χ3v) is 3.87. The largest absolute Gasteiger partial charge is 0.478 e. The predicted molar refractivity (Wildman–Crippen MR) is 103 cm³/mol. The molecule has 0 aliphatic carbocycles. The number of hydrogen-bond acceptors (Lipinski definition) is 5. The van der Waals surface area contributed by atoms with Gasteiger partial charge in [0.05, 0.1) is 5.52 Å². The second-order valence-corrected chi connectivity index (χ2v) is 5.85. The first-order chi connectivity index (χ1) is 13.0. The van der Waals surface area contributed by atoms with Crippen LogP contribution in [-0.4, -0.2) is 27.0 Å². The Labute approximate surface area is 155 Å². The summed E-state index contributed by atoms with van der Waals surface area (Å²) in [4.78, 5) is 31.1. The fourth-order valence-electron chi connectivity index (χ4n) is 2.57. The third kappa shape index (κ3) is 4.66. The van der Waals surface area contributed by atoms with E-state index in [9.17, 15) is 9.59 Å². The fraction of sp³-hybridized carbons (Fsp3) is 0.100. The highest BCUT2D eigenvalue weighted by Gasteiger charge is 2.12. The molecule has 0 bridgehead atoms. The van der Waals surface area contributed by atoms with Gasteiger partial charge in [-0.15, -0.1) is 0 Å². The van der Waals surface area contributed by atoms with Gasteiger partial charge in [0.25, 0.3) is 5.91 Å². The van der Waals surface area contributed by atoms with Crippen molar-refractivity contribution in [3.05, 3.63) is 72.3 Å². The van der Waals surface area contributed by atoms with E-state index < -0.39 is 11.9 Å². The van der Waals surface area contributed by atoms with Crippen LogP contribution >= 0.6 is 0 Å². The van der Waals surface area contributed by atoms with E-state index >= 15 is 0 Å². The number of para-hydroxylation sites is 1. The van der Waals surface area contributed by atoms with Crippen molar-refractivity contribution in [2.75, 3.05) is 10.6 Å². The molecule has 0 fully saturated rings. The Hall–Kier alpha value is -3.74. The summed E-state index contributed by atoms with van der Waals surface area (Å²) in [6.07, 6.45) is 1.67. The van der Waals surface area contributed by atoms with Crippen LogP contribution in [0.5, 0.6) is 0 Å². The zero-order valence-electron chi connectivity index (χ0n) is 14.6. The molecule has 1 heterocycles. The van der Waals surface area contributed by atoms with Gasteiger partial charge in [-0.3, -0.25) is 10.1 Å². The van der Waals surface area contributed by atoms with Crippen molar-refractivity contribution in [3.8, 4) is 0 Å². The average molecular weight is 362 g/mol. The van der Waals surface area contributed by atoms with Crippen molar-refractivity contribution < 1.29 is 14.7 Å². The van der Waals surface area contributed by atoms with Crippen LogP contribution in [0, 0.1) is 0 Å². The van der Waals surface area contributed by atoms with E-state index in [1.54, 1.807) is 0 Å². The van der Waals surface area contributed by atoms with Crippen LogP contribution in [0.4, 0.5) is 11.8 Å². The molecule has 2 aromatic carbocycles. The lowest BCUT2D eigenvalue weighted by molar-refractivity contribution is -0.131. The summed E-state index contributed by atoms with van der Waals surface area (Å²) >= 11 is 0. The van der Waals surface area contributed by atoms with Gasteiger partial charge in [-0.1, -0.05) is 42.5 Å². The van der Waals surface area contributed by atoms with Crippen LogP contribution in [0.2, 0.25) is 0 Å². The summed E-state index contributed by atoms with van der Waals surface area (Å²) in [5, 5.41) is 15.3. The monoisotopic (exact) mass is 362 g/mol. The van der Waals surface area contributed by atoms with Crippen LogP contribution in [0.3, 0.4) is 0 Å². The van der Waals surface area contributed by atoms with Crippen LogP contribution in [0.25, 0.3) is 10.9 Å². The molecule has 0 radical (unpaired) electrons. The molecule has 136 valence electrons. The molecule has 0 saturated carbocycles. The summed E-state index contributed by atoms with van der Waals surface area (Å²) in [6, 6.07) is 17.3. The summed E-state index contributed by atoms with van der Waals surface area (Å²) < 4.78 is 0. The van der Waals surface area contributed by atoms with E-state index in [4.69, 9.17) is 5.11 Å². The predicted octanol–water partition coefficient (Wildman–Crippen LogP) is 3.38. The molecule has 1 aromatic heterocycles. The van der Waals surface area contributed by atoms with Crippen molar-refractivity contribution in [1.82, 2.24) is 9.97 Å². The number of amides is 1. The van der Waals surface area contributed by atoms with Crippen molar-refractivity contribution >= 4 is 34.5 Å². The number of nitrogens with one attached hydrogen (secondary N) is 2. The van der Waals surface area contributed by atoms with E-state index in [-0.39, 0.29) is 12.0 Å². The first-order valence-corrected chi connectivity index (χ1v) is 8.33. The number of rotatable bonds is 6. The van der Waals surface area contributed by atoms with Crippen molar-refractivity contribution in [1.29, 1.82) is 0 Å². The third-order valence-electron chi connectivity index (χ3n) is 3.87. The molecule has 0 aliphatic rings. The number of fused-ring (bicyclic) bond motifs is 1. The topological polar surface area (TPSA) is 104 Å². The molecule has 0 saturated heterocycles. The molecule has 1 atom stereocenters. The maximum atomic E-state index is 11.8. The van der Waals surface area contributed by atoms with Crippen molar-refractivity contribution in [2.24, 2.45) is 0 Å². The SMILES string of the molecule is CC(Nc1nc(NC(=O)C=CC(=O)O)nc2ccccc12)c1ccccc1. The highest BCUT2D eigenvalue weighted by Crippen LogP contribution is 2.25. The molecule has 0 spiro atoms. The van der Waals surface area contributed by atoms with Crippen LogP contribution in [0.15, 0.2) is 66.7 Å². The van der Waals surface area contributed by atoms with Gasteiger partial charge in [0, 0.05) is 23.6 Å². The number of carbonyl (C=O) groups is 2. The number of anilines is 2. The zero-order chi connectivity index (χ0) is 19.2. The van der Waals surface area contributed by atoms with Gasteiger partial charge in [-0.2, -0.15) is 4.98 Å². The first kappa shape index (κ1) is 18.1. The molecule has 3 aromatic rings. The van der Waals surface area contributed by atoms with Crippen LogP contribution in [0.1, 0.15) is 18.5 Å². The van der Waals surface area contributed by atoms with Gasteiger partial charge >= 0.3 is 5.97 Å². The number of aromatic nitrogens is 2. The molecule has 7 nitrogen and oxygen atoms in total. The summed E-state index contributed by atoms with van der Waals surface area (Å²) in [5.74, 6) is -1.15. The maximum absolute atomic E-state index is 11.8. The Balaban J connectivity index is 1.91. The first-order valence-electron chi connectivity index (χ1n) is 8.33. The number of benzene rings is 2. The van der Waals surface area contributed by atoms with Gasteiger partial charge in [-0.05, 0) is 24.6 Å². The van der Waals surface area contributed by atoms with Gasteiger partial charge in [0.15, 0.2) is 0 Å². The Morgan fingerprint density at radius 1 is 1.00 bits per heavy atom. The minimum absolute atomic E-state index is 0.0139. The number of carboxylic acids is 1. The summed E-state index contributed by atoms with van der Waals surface area (Å²) in [5.41, 5.74) is 1.75. The standard InChI is InChI=1S/C20H18N4O3/c1-13(14-7-3-2-4-8-14)21-19-15-9-5-6-10-16(15)22-20(24-19)23-17(25)11-12-18(26)27/h2-13H,1H3,(H,26,27)(H2,21,22,23,24,25). The molecule has 7 heteroatoms. The Kier molecular flexibility index (Phi) is 5.41. The van der Waals surface area contributed by atoms with E-state index in [2.05, 4.69) is 20.6 Å². The Morgan fingerprint density at radius 3 is 2.44 bits per heavy atom. The number of carboxylic acid groups (broad SMARTS) is 1. The fourth-order valence-corrected chi connectivity index (χ4v) is 2.57.